The van der Waals surface area contributed by atoms with Crippen LogP contribution in [0.15, 0.2) is 11.2 Å². The lowest BCUT2D eigenvalue weighted by molar-refractivity contribution is -0.387. The van der Waals surface area contributed by atoms with E-state index in [0.29, 0.717) is 5.03 Å². The first kappa shape index (κ1) is 12.0. The topological polar surface area (TPSA) is 81.2 Å². The van der Waals surface area contributed by atoms with Gasteiger partial charge in [0.15, 0.2) is 5.03 Å². The van der Waals surface area contributed by atoms with Gasteiger partial charge in [0.05, 0.1) is 11.0 Å². The van der Waals surface area contributed by atoms with Crippen LogP contribution in [0, 0.1) is 10.1 Å². The molecule has 2 atom stereocenters. The first-order valence-corrected chi connectivity index (χ1v) is 5.32. The van der Waals surface area contributed by atoms with Crippen molar-refractivity contribution in [3.8, 4) is 0 Å². The fraction of sp³-hybridized carbons (Fsp3) is 0.625. The van der Waals surface area contributed by atoms with Crippen molar-refractivity contribution in [2.45, 2.75) is 30.2 Å². The maximum Gasteiger partial charge on any atom is 0.320 e. The minimum absolute atomic E-state index is 0.0185. The van der Waals surface area contributed by atoms with Crippen molar-refractivity contribution in [3.63, 3.8) is 0 Å². The van der Waals surface area contributed by atoms with Crippen LogP contribution in [0.5, 0.6) is 0 Å². The van der Waals surface area contributed by atoms with Gasteiger partial charge in [-0.05, 0) is 6.92 Å². The monoisotopic (exact) mass is 231 g/mol. The molecule has 0 spiro atoms. The SMILES string of the molecule is CC(O)C(C)Sc1nn(C)cc1[N+](=O)[O-]. The number of thioether (sulfide) groups is 1. The molecule has 0 radical (unpaired) electrons. The van der Waals surface area contributed by atoms with Gasteiger partial charge in [0.25, 0.3) is 0 Å². The molecule has 0 amide bonds. The highest BCUT2D eigenvalue weighted by Gasteiger charge is 2.22. The highest BCUT2D eigenvalue weighted by atomic mass is 32.2. The molecule has 1 aromatic heterocycles. The summed E-state index contributed by atoms with van der Waals surface area (Å²) in [5.74, 6) is 0. The molecule has 2 unspecified atom stereocenters. The molecular weight excluding hydrogens is 218 g/mol. The fourth-order valence-corrected chi connectivity index (χ4v) is 1.91. The molecule has 0 saturated heterocycles. The molecular formula is C8H13N3O3S. The van der Waals surface area contributed by atoms with E-state index in [1.165, 1.54) is 22.6 Å². The van der Waals surface area contributed by atoms with Crippen molar-refractivity contribution >= 4 is 17.4 Å². The summed E-state index contributed by atoms with van der Waals surface area (Å²) in [6.45, 7) is 3.44. The summed E-state index contributed by atoms with van der Waals surface area (Å²) < 4.78 is 1.40. The van der Waals surface area contributed by atoms with E-state index in [9.17, 15) is 15.2 Å². The summed E-state index contributed by atoms with van der Waals surface area (Å²) in [5, 5.41) is 24.2. The van der Waals surface area contributed by atoms with Crippen LogP contribution in [0.25, 0.3) is 0 Å². The quantitative estimate of drug-likeness (QED) is 0.478. The number of aryl methyl sites for hydroxylation is 1. The van der Waals surface area contributed by atoms with Crippen LogP contribution < -0.4 is 0 Å². The third-order valence-electron chi connectivity index (χ3n) is 1.95. The van der Waals surface area contributed by atoms with Gasteiger partial charge >= 0.3 is 5.69 Å². The normalized spacial score (nSPS) is 14.9. The lowest BCUT2D eigenvalue weighted by Gasteiger charge is -2.11. The van der Waals surface area contributed by atoms with E-state index >= 15 is 0 Å². The summed E-state index contributed by atoms with van der Waals surface area (Å²) >= 11 is 1.20. The van der Waals surface area contributed by atoms with Crippen molar-refractivity contribution in [2.24, 2.45) is 7.05 Å². The first-order valence-electron chi connectivity index (χ1n) is 4.44. The summed E-state index contributed by atoms with van der Waals surface area (Å²) in [6, 6.07) is 0. The van der Waals surface area contributed by atoms with Crippen LogP contribution in [0.1, 0.15) is 13.8 Å². The van der Waals surface area contributed by atoms with Crippen molar-refractivity contribution in [1.29, 1.82) is 0 Å². The van der Waals surface area contributed by atoms with Gasteiger partial charge in [-0.15, -0.1) is 0 Å². The van der Waals surface area contributed by atoms with Crippen molar-refractivity contribution < 1.29 is 10.0 Å². The number of hydrogen-bond acceptors (Lipinski definition) is 5. The smallest absolute Gasteiger partial charge is 0.320 e. The third kappa shape index (κ3) is 2.93. The average Bonchev–Trinajstić information content (AvgIpc) is 2.46. The van der Waals surface area contributed by atoms with E-state index in [1.54, 1.807) is 20.9 Å². The standard InChI is InChI=1S/C8H13N3O3S/c1-5(12)6(2)15-8-7(11(13)14)4-10(3)9-8/h4-6,12H,1-3H3. The van der Waals surface area contributed by atoms with Gasteiger partial charge < -0.3 is 5.11 Å². The van der Waals surface area contributed by atoms with E-state index < -0.39 is 11.0 Å². The zero-order valence-corrected chi connectivity index (χ0v) is 9.56. The van der Waals surface area contributed by atoms with Crippen molar-refractivity contribution in [3.05, 3.63) is 16.3 Å². The van der Waals surface area contributed by atoms with Gasteiger partial charge in [-0.25, -0.2) is 0 Å². The molecule has 84 valence electrons. The molecule has 0 aliphatic rings. The Morgan fingerprint density at radius 2 is 2.27 bits per heavy atom. The van der Waals surface area contributed by atoms with E-state index in [1.807, 2.05) is 0 Å². The Balaban J connectivity index is 2.89. The van der Waals surface area contributed by atoms with Gasteiger partial charge in [0, 0.05) is 12.3 Å². The van der Waals surface area contributed by atoms with E-state index in [4.69, 9.17) is 0 Å². The summed E-state index contributed by atoms with van der Waals surface area (Å²) in [4.78, 5) is 10.2. The maximum atomic E-state index is 10.7. The largest absolute Gasteiger partial charge is 0.392 e. The molecule has 7 heteroatoms. The Bertz CT molecular complexity index is 364. The minimum Gasteiger partial charge on any atom is -0.392 e. The van der Waals surface area contributed by atoms with Gasteiger partial charge in [-0.3, -0.25) is 14.8 Å². The molecule has 0 fully saturated rings. The van der Waals surface area contributed by atoms with Crippen LogP contribution in [-0.4, -0.2) is 31.2 Å². The van der Waals surface area contributed by atoms with Crippen LogP contribution in [0.3, 0.4) is 0 Å². The third-order valence-corrected chi connectivity index (χ3v) is 3.23. The number of aromatic nitrogens is 2. The minimum atomic E-state index is -0.531. The second-order valence-electron chi connectivity index (χ2n) is 3.31. The number of rotatable bonds is 4. The van der Waals surface area contributed by atoms with E-state index in [2.05, 4.69) is 5.10 Å². The second-order valence-corrected chi connectivity index (χ2v) is 4.68. The van der Waals surface area contributed by atoms with E-state index in [-0.39, 0.29) is 10.9 Å². The van der Waals surface area contributed by atoms with Crippen molar-refractivity contribution in [1.82, 2.24) is 9.78 Å². The molecule has 0 aliphatic heterocycles. The maximum absolute atomic E-state index is 10.7. The van der Waals surface area contributed by atoms with E-state index in [0.717, 1.165) is 0 Å². The van der Waals surface area contributed by atoms with Crippen LogP contribution >= 0.6 is 11.8 Å². The number of nitrogens with zero attached hydrogens (tertiary/aromatic N) is 3. The number of nitro groups is 1. The highest BCUT2D eigenvalue weighted by molar-refractivity contribution is 8.00. The molecule has 6 nitrogen and oxygen atoms in total. The Morgan fingerprint density at radius 1 is 1.67 bits per heavy atom. The molecule has 1 aromatic rings. The van der Waals surface area contributed by atoms with Crippen LogP contribution in [0.2, 0.25) is 0 Å². The van der Waals surface area contributed by atoms with Crippen LogP contribution in [-0.2, 0) is 7.05 Å². The zero-order valence-electron chi connectivity index (χ0n) is 8.75. The van der Waals surface area contributed by atoms with Gasteiger partial charge in [-0.1, -0.05) is 18.7 Å². The lowest BCUT2D eigenvalue weighted by atomic mass is 10.3. The predicted molar refractivity (Wildman–Crippen MR) is 56.9 cm³/mol. The molecule has 0 aliphatic carbocycles. The Kier molecular flexibility index (Phi) is 3.70. The van der Waals surface area contributed by atoms with Crippen molar-refractivity contribution in [2.75, 3.05) is 0 Å². The summed E-state index contributed by atoms with van der Waals surface area (Å²) in [6.07, 6.45) is 0.827. The Labute approximate surface area is 91.4 Å². The molecule has 1 heterocycles. The molecule has 0 bridgehead atoms. The highest BCUT2D eigenvalue weighted by Crippen LogP contribution is 2.31. The average molecular weight is 231 g/mol. The van der Waals surface area contributed by atoms with Gasteiger partial charge in [0.2, 0.25) is 0 Å². The number of aliphatic hydroxyl groups is 1. The lowest BCUT2D eigenvalue weighted by Crippen LogP contribution is -2.15. The van der Waals surface area contributed by atoms with Gasteiger partial charge in [-0.2, -0.15) is 5.10 Å². The van der Waals surface area contributed by atoms with Gasteiger partial charge in [0.1, 0.15) is 6.20 Å². The second kappa shape index (κ2) is 4.63. The molecule has 0 saturated carbocycles. The number of aliphatic hydroxyl groups excluding tert-OH is 1. The zero-order chi connectivity index (χ0) is 11.6. The number of hydrogen-bond donors (Lipinski definition) is 1. The summed E-state index contributed by atoms with van der Waals surface area (Å²) in [5.41, 5.74) is -0.0185. The molecule has 0 aromatic carbocycles. The van der Waals surface area contributed by atoms with Crippen LogP contribution in [0.4, 0.5) is 5.69 Å². The molecule has 1 N–H and O–H groups in total. The first-order chi connectivity index (χ1) is 6.91. The predicted octanol–water partition coefficient (Wildman–Crippen LogP) is 1.19. The fourth-order valence-electron chi connectivity index (χ4n) is 0.939. The molecule has 1 rings (SSSR count). The Hall–Kier alpha value is -1.08. The summed E-state index contributed by atoms with van der Waals surface area (Å²) in [7, 11) is 1.63. The Morgan fingerprint density at radius 3 is 2.73 bits per heavy atom. The molecule has 15 heavy (non-hydrogen) atoms.